The summed E-state index contributed by atoms with van der Waals surface area (Å²) in [5.74, 6) is -0.531. The number of carbonyl (C=O) groups excluding carboxylic acids is 3. The highest BCUT2D eigenvalue weighted by Gasteiger charge is 2.16. The molecule has 0 unspecified atom stereocenters. The van der Waals surface area contributed by atoms with Gasteiger partial charge in [0.1, 0.15) is 5.70 Å². The summed E-state index contributed by atoms with van der Waals surface area (Å²) in [6.45, 7) is 0. The van der Waals surface area contributed by atoms with Crippen molar-refractivity contribution in [3.63, 3.8) is 0 Å². The number of hydrogen-bond acceptors (Lipinski definition) is 5. The Morgan fingerprint density at radius 1 is 0.769 bits per heavy atom. The second kappa shape index (κ2) is 13.3. The topological polar surface area (TPSA) is 78.5 Å². The molecule has 2 N–H and O–H groups in total. The van der Waals surface area contributed by atoms with E-state index >= 15 is 0 Å². The van der Waals surface area contributed by atoms with Crippen LogP contribution in [0.25, 0.3) is 6.08 Å². The number of carbonyl (C=O) groups is 3. The van der Waals surface area contributed by atoms with Crippen molar-refractivity contribution in [2.75, 3.05) is 30.1 Å². The number of ketones is 1. The van der Waals surface area contributed by atoms with E-state index in [9.17, 15) is 14.4 Å². The summed E-state index contributed by atoms with van der Waals surface area (Å²) in [5, 5.41) is 5.64. The molecule has 6 nitrogen and oxygen atoms in total. The van der Waals surface area contributed by atoms with Crippen LogP contribution >= 0.6 is 11.8 Å². The Bertz CT molecular complexity index is 1470. The van der Waals surface area contributed by atoms with Crippen molar-refractivity contribution in [1.82, 2.24) is 5.32 Å². The Hall–Kier alpha value is -4.62. The maximum atomic E-state index is 13.4. The van der Waals surface area contributed by atoms with E-state index < -0.39 is 5.91 Å². The molecule has 0 spiro atoms. The van der Waals surface area contributed by atoms with E-state index in [1.807, 2.05) is 85.7 Å². The predicted octanol–water partition coefficient (Wildman–Crippen LogP) is 6.14. The van der Waals surface area contributed by atoms with Gasteiger partial charge in [-0.1, -0.05) is 66.7 Å². The fraction of sp³-hybridized carbons (Fsp3) is 0.0938. The minimum atomic E-state index is -0.460. The van der Waals surface area contributed by atoms with Crippen LogP contribution in [-0.4, -0.2) is 37.4 Å². The first-order chi connectivity index (χ1) is 18.9. The van der Waals surface area contributed by atoms with Crippen molar-refractivity contribution in [1.29, 1.82) is 0 Å². The molecule has 0 aliphatic heterocycles. The zero-order chi connectivity index (χ0) is 27.6. The van der Waals surface area contributed by atoms with Gasteiger partial charge in [0.2, 0.25) is 0 Å². The van der Waals surface area contributed by atoms with Crippen LogP contribution in [0.5, 0.6) is 0 Å². The monoisotopic (exact) mass is 535 g/mol. The maximum Gasteiger partial charge on any atom is 0.272 e. The first kappa shape index (κ1) is 27.4. The van der Waals surface area contributed by atoms with Gasteiger partial charge in [0.05, 0.1) is 5.75 Å². The summed E-state index contributed by atoms with van der Waals surface area (Å²) < 4.78 is 0. The molecular formula is C32H29N3O3S. The first-order valence-corrected chi connectivity index (χ1v) is 13.4. The van der Waals surface area contributed by atoms with Gasteiger partial charge in [-0.05, 0) is 54.1 Å². The van der Waals surface area contributed by atoms with Crippen LogP contribution < -0.4 is 15.5 Å². The van der Waals surface area contributed by atoms with E-state index in [4.69, 9.17) is 0 Å². The zero-order valence-electron chi connectivity index (χ0n) is 21.8. The van der Waals surface area contributed by atoms with Gasteiger partial charge >= 0.3 is 0 Å². The third kappa shape index (κ3) is 7.93. The van der Waals surface area contributed by atoms with Gasteiger partial charge in [-0.3, -0.25) is 14.4 Å². The van der Waals surface area contributed by atoms with Gasteiger partial charge in [0.25, 0.3) is 11.8 Å². The Kier molecular flexibility index (Phi) is 9.32. The second-order valence-electron chi connectivity index (χ2n) is 8.92. The highest BCUT2D eigenvalue weighted by atomic mass is 32.2. The normalized spacial score (nSPS) is 11.0. The van der Waals surface area contributed by atoms with Crippen LogP contribution in [0.4, 0.5) is 11.4 Å². The van der Waals surface area contributed by atoms with Gasteiger partial charge in [0, 0.05) is 41.5 Å². The quantitative estimate of drug-likeness (QED) is 0.145. The van der Waals surface area contributed by atoms with Gasteiger partial charge in [0.15, 0.2) is 5.78 Å². The highest BCUT2D eigenvalue weighted by molar-refractivity contribution is 8.00. The standard InChI is InChI=1S/C32H29N3O3S/c1-35(2)27-18-16-23(17-19-27)20-29(34-31(37)25-12-7-4-8-13-25)32(38)33-26-14-9-15-28(21-26)39-22-30(36)24-10-5-3-6-11-24/h3-21H,22H2,1-2H3,(H,33,38)(H,34,37)/b29-20-. The van der Waals surface area contributed by atoms with Crippen molar-refractivity contribution < 1.29 is 14.4 Å². The summed E-state index contributed by atoms with van der Waals surface area (Å²) >= 11 is 1.40. The van der Waals surface area contributed by atoms with E-state index in [1.165, 1.54) is 11.8 Å². The predicted molar refractivity (Wildman–Crippen MR) is 159 cm³/mol. The lowest BCUT2D eigenvalue weighted by atomic mass is 10.1. The average molecular weight is 536 g/mol. The molecule has 0 aliphatic carbocycles. The van der Waals surface area contributed by atoms with Crippen LogP contribution in [0.2, 0.25) is 0 Å². The summed E-state index contributed by atoms with van der Waals surface area (Å²) in [4.78, 5) is 41.6. The molecule has 0 radical (unpaired) electrons. The molecule has 39 heavy (non-hydrogen) atoms. The minimum Gasteiger partial charge on any atom is -0.378 e. The van der Waals surface area contributed by atoms with Crippen molar-refractivity contribution in [2.24, 2.45) is 0 Å². The molecule has 7 heteroatoms. The third-order valence-corrected chi connectivity index (χ3v) is 6.80. The Labute approximate surface area is 232 Å². The van der Waals surface area contributed by atoms with Crippen LogP contribution in [-0.2, 0) is 4.79 Å². The lowest BCUT2D eigenvalue weighted by Crippen LogP contribution is -2.30. The molecule has 4 aromatic carbocycles. The maximum absolute atomic E-state index is 13.4. The molecule has 0 bridgehead atoms. The third-order valence-electron chi connectivity index (χ3n) is 5.81. The van der Waals surface area contributed by atoms with Crippen LogP contribution in [0, 0.1) is 0 Å². The average Bonchev–Trinajstić information content (AvgIpc) is 2.97. The molecule has 0 fully saturated rings. The number of hydrogen-bond donors (Lipinski definition) is 2. The number of rotatable bonds is 10. The fourth-order valence-corrected chi connectivity index (χ4v) is 4.55. The van der Waals surface area contributed by atoms with Crippen molar-refractivity contribution >= 4 is 46.8 Å². The zero-order valence-corrected chi connectivity index (χ0v) is 22.6. The van der Waals surface area contributed by atoms with Crippen LogP contribution in [0.3, 0.4) is 0 Å². The molecule has 2 amide bonds. The number of benzene rings is 4. The molecule has 0 saturated carbocycles. The van der Waals surface area contributed by atoms with E-state index in [0.29, 0.717) is 16.8 Å². The molecule has 0 aliphatic rings. The van der Waals surface area contributed by atoms with E-state index in [1.54, 1.807) is 48.5 Å². The molecule has 196 valence electrons. The van der Waals surface area contributed by atoms with Gasteiger partial charge in [-0.15, -0.1) is 11.8 Å². The molecule has 0 atom stereocenters. The molecule has 0 saturated heterocycles. The number of Topliss-reactive ketones (excluding diaryl/α,β-unsaturated/α-hetero) is 1. The van der Waals surface area contributed by atoms with Gasteiger partial charge < -0.3 is 15.5 Å². The summed E-state index contributed by atoms with van der Waals surface area (Å²) in [5.41, 5.74) is 3.56. The Morgan fingerprint density at radius 2 is 1.41 bits per heavy atom. The molecule has 0 aromatic heterocycles. The highest BCUT2D eigenvalue weighted by Crippen LogP contribution is 2.23. The number of nitrogens with zero attached hydrogens (tertiary/aromatic N) is 1. The summed E-state index contributed by atoms with van der Waals surface area (Å²) in [7, 11) is 3.90. The lowest BCUT2D eigenvalue weighted by molar-refractivity contribution is -0.113. The largest absolute Gasteiger partial charge is 0.378 e. The number of thioether (sulfide) groups is 1. The number of anilines is 2. The van der Waals surface area contributed by atoms with E-state index in [2.05, 4.69) is 10.6 Å². The van der Waals surface area contributed by atoms with Crippen LogP contribution in [0.15, 0.2) is 120 Å². The Morgan fingerprint density at radius 3 is 2.05 bits per heavy atom. The smallest absolute Gasteiger partial charge is 0.272 e. The molecular weight excluding hydrogens is 506 g/mol. The van der Waals surface area contributed by atoms with Crippen LogP contribution in [0.1, 0.15) is 26.3 Å². The van der Waals surface area contributed by atoms with Crippen molar-refractivity contribution in [2.45, 2.75) is 4.90 Å². The fourth-order valence-electron chi connectivity index (χ4n) is 3.70. The van der Waals surface area contributed by atoms with Gasteiger partial charge in [-0.25, -0.2) is 0 Å². The molecule has 4 aromatic rings. The second-order valence-corrected chi connectivity index (χ2v) is 9.97. The number of nitrogens with one attached hydrogen (secondary N) is 2. The van der Waals surface area contributed by atoms with E-state index in [0.717, 1.165) is 16.1 Å². The van der Waals surface area contributed by atoms with E-state index in [-0.39, 0.29) is 23.1 Å². The minimum absolute atomic E-state index is 0.0316. The Balaban J connectivity index is 1.50. The lowest BCUT2D eigenvalue weighted by Gasteiger charge is -2.14. The summed E-state index contributed by atoms with van der Waals surface area (Å²) in [6.07, 6.45) is 1.65. The SMILES string of the molecule is CN(C)c1ccc(/C=C(\NC(=O)c2ccccc2)C(=O)Nc2cccc(SCC(=O)c3ccccc3)c2)cc1. The van der Waals surface area contributed by atoms with Crippen molar-refractivity contribution in [3.05, 3.63) is 132 Å². The number of amides is 2. The molecule has 0 heterocycles. The summed E-state index contributed by atoms with van der Waals surface area (Å²) in [6, 6.07) is 32.8. The van der Waals surface area contributed by atoms with Gasteiger partial charge in [-0.2, -0.15) is 0 Å². The van der Waals surface area contributed by atoms with Crippen molar-refractivity contribution in [3.8, 4) is 0 Å². The molecule has 4 rings (SSSR count). The first-order valence-electron chi connectivity index (χ1n) is 12.4.